The first-order valence-corrected chi connectivity index (χ1v) is 6.86. The van der Waals surface area contributed by atoms with Gasteiger partial charge < -0.3 is 15.2 Å². The van der Waals surface area contributed by atoms with Crippen molar-refractivity contribution < 1.29 is 14.6 Å². The number of amides is 1. The molecule has 3 rings (SSSR count). The summed E-state index contributed by atoms with van der Waals surface area (Å²) >= 11 is 0. The molecule has 1 aromatic carbocycles. The number of hydrogen-bond donors (Lipinski definition) is 2. The van der Waals surface area contributed by atoms with E-state index in [2.05, 4.69) is 5.32 Å². The molecule has 19 heavy (non-hydrogen) atoms. The van der Waals surface area contributed by atoms with Crippen LogP contribution >= 0.6 is 0 Å². The van der Waals surface area contributed by atoms with E-state index < -0.39 is 0 Å². The quantitative estimate of drug-likeness (QED) is 0.861. The van der Waals surface area contributed by atoms with Crippen molar-refractivity contribution in [3.05, 3.63) is 29.8 Å². The number of fused-ring (bicyclic) bond motifs is 1. The Morgan fingerprint density at radius 1 is 1.42 bits per heavy atom. The Balaban J connectivity index is 1.66. The number of carbonyl (C=O) groups excluding carboxylic acids is 1. The number of aliphatic hydroxyl groups excluding tert-OH is 1. The summed E-state index contributed by atoms with van der Waals surface area (Å²) in [5.74, 6) is 0.731. The molecule has 102 valence electrons. The topological polar surface area (TPSA) is 58.6 Å². The van der Waals surface area contributed by atoms with Gasteiger partial charge in [-0.15, -0.1) is 0 Å². The van der Waals surface area contributed by atoms with Gasteiger partial charge in [-0.2, -0.15) is 0 Å². The summed E-state index contributed by atoms with van der Waals surface area (Å²) in [7, 11) is 0. The van der Waals surface area contributed by atoms with Crippen LogP contribution in [0.4, 0.5) is 0 Å². The van der Waals surface area contributed by atoms with E-state index in [1.54, 1.807) is 0 Å². The molecule has 1 aromatic rings. The van der Waals surface area contributed by atoms with E-state index in [9.17, 15) is 9.90 Å². The van der Waals surface area contributed by atoms with Crippen LogP contribution in [0, 0.1) is 5.92 Å². The molecule has 1 fully saturated rings. The van der Waals surface area contributed by atoms with Gasteiger partial charge in [-0.3, -0.25) is 4.79 Å². The molecule has 0 bridgehead atoms. The first-order chi connectivity index (χ1) is 9.22. The molecule has 0 aromatic heterocycles. The molecular formula is C15H19NO3. The summed E-state index contributed by atoms with van der Waals surface area (Å²) < 4.78 is 5.63. The van der Waals surface area contributed by atoms with E-state index in [0.29, 0.717) is 13.0 Å². The van der Waals surface area contributed by atoms with Crippen molar-refractivity contribution in [3.8, 4) is 5.75 Å². The van der Waals surface area contributed by atoms with Gasteiger partial charge in [0, 0.05) is 0 Å². The molecule has 1 heterocycles. The number of rotatable bonds is 3. The van der Waals surface area contributed by atoms with E-state index in [4.69, 9.17) is 4.74 Å². The van der Waals surface area contributed by atoms with Crippen molar-refractivity contribution in [1.82, 2.24) is 5.32 Å². The normalized spacial score (nSPS) is 23.7. The van der Waals surface area contributed by atoms with Crippen molar-refractivity contribution in [2.45, 2.75) is 31.2 Å². The van der Waals surface area contributed by atoms with Crippen LogP contribution in [0.25, 0.3) is 0 Å². The minimum absolute atomic E-state index is 0.00301. The zero-order chi connectivity index (χ0) is 13.3. The number of benzene rings is 1. The van der Waals surface area contributed by atoms with Gasteiger partial charge in [0.05, 0.1) is 18.1 Å². The summed E-state index contributed by atoms with van der Waals surface area (Å²) in [5, 5.41) is 12.4. The summed E-state index contributed by atoms with van der Waals surface area (Å²) in [4.78, 5) is 12.3. The Hall–Kier alpha value is -1.55. The van der Waals surface area contributed by atoms with Crippen molar-refractivity contribution >= 4 is 5.91 Å². The fourth-order valence-electron chi connectivity index (χ4n) is 2.79. The second kappa shape index (κ2) is 4.85. The maximum atomic E-state index is 12.3. The van der Waals surface area contributed by atoms with Crippen molar-refractivity contribution in [2.75, 3.05) is 13.2 Å². The van der Waals surface area contributed by atoms with Crippen molar-refractivity contribution in [3.63, 3.8) is 0 Å². The number of aliphatic hydroxyl groups is 1. The standard InChI is InChI=1S/C15H19NO3/c17-10-15(6-3-7-15)16-14(18)12-8-11-4-1-2-5-13(11)19-9-12/h1-2,4-5,12,17H,3,6-10H2,(H,16,18). The highest BCUT2D eigenvalue weighted by Gasteiger charge is 2.39. The molecule has 1 atom stereocenters. The molecule has 1 aliphatic carbocycles. The molecule has 0 spiro atoms. The van der Waals surface area contributed by atoms with Gasteiger partial charge in [0.25, 0.3) is 0 Å². The van der Waals surface area contributed by atoms with Crippen LogP contribution in [0.5, 0.6) is 5.75 Å². The van der Waals surface area contributed by atoms with Crippen molar-refractivity contribution in [2.24, 2.45) is 5.92 Å². The highest BCUT2D eigenvalue weighted by molar-refractivity contribution is 5.80. The van der Waals surface area contributed by atoms with Crippen LogP contribution in [-0.4, -0.2) is 29.8 Å². The van der Waals surface area contributed by atoms with Crippen molar-refractivity contribution in [1.29, 1.82) is 0 Å². The van der Waals surface area contributed by atoms with Crippen LogP contribution < -0.4 is 10.1 Å². The second-order valence-corrected chi connectivity index (χ2v) is 5.60. The van der Waals surface area contributed by atoms with Crippen LogP contribution in [0.1, 0.15) is 24.8 Å². The third-order valence-electron chi connectivity index (χ3n) is 4.25. The van der Waals surface area contributed by atoms with Gasteiger partial charge in [-0.05, 0) is 37.3 Å². The SMILES string of the molecule is O=C(NC1(CO)CCC1)C1COc2ccccc2C1. The average molecular weight is 261 g/mol. The van der Waals surface area contributed by atoms with Gasteiger partial charge >= 0.3 is 0 Å². The zero-order valence-electron chi connectivity index (χ0n) is 10.9. The Labute approximate surface area is 112 Å². The Morgan fingerprint density at radius 2 is 2.21 bits per heavy atom. The molecule has 1 amide bonds. The molecule has 0 saturated heterocycles. The number of hydrogen-bond acceptors (Lipinski definition) is 3. The molecule has 0 radical (unpaired) electrons. The minimum Gasteiger partial charge on any atom is -0.492 e. The maximum absolute atomic E-state index is 12.3. The molecule has 2 N–H and O–H groups in total. The van der Waals surface area contributed by atoms with Gasteiger partial charge in [0.2, 0.25) is 5.91 Å². The Kier molecular flexibility index (Phi) is 3.19. The summed E-state index contributed by atoms with van der Waals surface area (Å²) in [6, 6.07) is 7.84. The lowest BCUT2D eigenvalue weighted by Crippen LogP contribution is -2.58. The van der Waals surface area contributed by atoms with E-state index >= 15 is 0 Å². The average Bonchev–Trinajstić information content (AvgIpc) is 2.42. The first-order valence-electron chi connectivity index (χ1n) is 6.86. The minimum atomic E-state index is -0.367. The molecular weight excluding hydrogens is 242 g/mol. The van der Waals surface area contributed by atoms with Gasteiger partial charge in [0.15, 0.2) is 0 Å². The van der Waals surface area contributed by atoms with Crippen LogP contribution in [0.2, 0.25) is 0 Å². The van der Waals surface area contributed by atoms with Crippen LogP contribution in [-0.2, 0) is 11.2 Å². The monoisotopic (exact) mass is 261 g/mol. The van der Waals surface area contributed by atoms with Crippen LogP contribution in [0.15, 0.2) is 24.3 Å². The van der Waals surface area contributed by atoms with E-state index in [0.717, 1.165) is 30.6 Å². The molecule has 4 heteroatoms. The van der Waals surface area contributed by atoms with Crippen LogP contribution in [0.3, 0.4) is 0 Å². The lowest BCUT2D eigenvalue weighted by molar-refractivity contribution is -0.130. The predicted molar refractivity (Wildman–Crippen MR) is 70.9 cm³/mol. The predicted octanol–water partition coefficient (Wildman–Crippen LogP) is 1.27. The number of carbonyl (C=O) groups is 1. The van der Waals surface area contributed by atoms with E-state index in [1.807, 2.05) is 24.3 Å². The maximum Gasteiger partial charge on any atom is 0.227 e. The summed E-state index contributed by atoms with van der Waals surface area (Å²) in [6.07, 6.45) is 3.53. The fourth-order valence-corrected chi connectivity index (χ4v) is 2.79. The third-order valence-corrected chi connectivity index (χ3v) is 4.25. The smallest absolute Gasteiger partial charge is 0.227 e. The number of ether oxygens (including phenoxy) is 1. The molecule has 1 aliphatic heterocycles. The lowest BCUT2D eigenvalue weighted by Gasteiger charge is -2.42. The Bertz CT molecular complexity index is 477. The zero-order valence-corrected chi connectivity index (χ0v) is 10.9. The molecule has 1 unspecified atom stereocenters. The van der Waals surface area contributed by atoms with Gasteiger partial charge in [-0.1, -0.05) is 18.2 Å². The third kappa shape index (κ3) is 2.32. The largest absolute Gasteiger partial charge is 0.492 e. The van der Waals surface area contributed by atoms with Gasteiger partial charge in [0.1, 0.15) is 12.4 Å². The number of nitrogens with one attached hydrogen (secondary N) is 1. The number of para-hydroxylation sites is 1. The molecule has 2 aliphatic rings. The van der Waals surface area contributed by atoms with Gasteiger partial charge in [-0.25, -0.2) is 0 Å². The summed E-state index contributed by atoms with van der Waals surface area (Å²) in [5.41, 5.74) is 0.717. The van der Waals surface area contributed by atoms with E-state index in [-0.39, 0.29) is 24.0 Å². The molecule has 1 saturated carbocycles. The highest BCUT2D eigenvalue weighted by atomic mass is 16.5. The fraction of sp³-hybridized carbons (Fsp3) is 0.533. The van der Waals surface area contributed by atoms with E-state index in [1.165, 1.54) is 0 Å². The lowest BCUT2D eigenvalue weighted by atomic mass is 9.77. The first kappa shape index (κ1) is 12.5. The Morgan fingerprint density at radius 3 is 2.89 bits per heavy atom. The highest BCUT2D eigenvalue weighted by Crippen LogP contribution is 2.32. The molecule has 4 nitrogen and oxygen atoms in total. The summed E-state index contributed by atoms with van der Waals surface area (Å²) in [6.45, 7) is 0.452. The second-order valence-electron chi connectivity index (χ2n) is 5.60.